The van der Waals surface area contributed by atoms with E-state index in [0.717, 1.165) is 24.8 Å². The third-order valence-corrected chi connectivity index (χ3v) is 7.52. The van der Waals surface area contributed by atoms with Crippen molar-refractivity contribution in [3.63, 3.8) is 0 Å². The highest BCUT2D eigenvalue weighted by atomic mass is 32.2. The van der Waals surface area contributed by atoms with Gasteiger partial charge in [0.05, 0.1) is 7.11 Å². The molecule has 1 N–H and O–H groups in total. The van der Waals surface area contributed by atoms with Gasteiger partial charge in [-0.2, -0.15) is 4.31 Å². The molecule has 1 fully saturated rings. The highest BCUT2D eigenvalue weighted by Gasteiger charge is 2.29. The summed E-state index contributed by atoms with van der Waals surface area (Å²) < 4.78 is 38.9. The molecule has 0 spiro atoms. The van der Waals surface area contributed by atoms with Crippen molar-refractivity contribution in [1.29, 1.82) is 0 Å². The number of benzene rings is 2. The molecular formula is C25H27N3O5S. The molecule has 0 radical (unpaired) electrons. The third-order valence-electron chi connectivity index (χ3n) is 5.60. The van der Waals surface area contributed by atoms with Gasteiger partial charge in [0.1, 0.15) is 23.0 Å². The molecule has 0 saturated carbocycles. The molecular weight excluding hydrogens is 454 g/mol. The van der Waals surface area contributed by atoms with Crippen LogP contribution in [0.2, 0.25) is 0 Å². The second-order valence-electron chi connectivity index (χ2n) is 7.96. The number of methoxy groups -OCH3 is 1. The van der Waals surface area contributed by atoms with Crippen molar-refractivity contribution in [2.45, 2.75) is 30.8 Å². The maximum atomic E-state index is 13.2. The number of hydrogen-bond donors (Lipinski definition) is 1. The number of amides is 1. The smallest absolute Gasteiger partial charge is 0.255 e. The Balaban J connectivity index is 1.46. The maximum absolute atomic E-state index is 13.2. The minimum atomic E-state index is -3.73. The number of piperidine rings is 1. The van der Waals surface area contributed by atoms with Gasteiger partial charge < -0.3 is 14.8 Å². The molecule has 4 rings (SSSR count). The summed E-state index contributed by atoms with van der Waals surface area (Å²) in [5.41, 5.74) is 1.74. The minimum absolute atomic E-state index is 0.0499. The lowest BCUT2D eigenvalue weighted by Crippen LogP contribution is -2.35. The molecule has 9 heteroatoms. The van der Waals surface area contributed by atoms with E-state index in [2.05, 4.69) is 10.3 Å². The molecule has 178 valence electrons. The number of nitrogens with one attached hydrogen (secondary N) is 1. The normalized spacial score (nSPS) is 14.4. The van der Waals surface area contributed by atoms with Gasteiger partial charge in [-0.15, -0.1) is 0 Å². The first-order valence-corrected chi connectivity index (χ1v) is 12.5. The molecule has 0 unspecified atom stereocenters. The van der Waals surface area contributed by atoms with Gasteiger partial charge in [-0.25, -0.2) is 8.42 Å². The first kappa shape index (κ1) is 23.7. The van der Waals surface area contributed by atoms with Crippen LogP contribution in [-0.4, -0.2) is 43.8 Å². The van der Waals surface area contributed by atoms with Gasteiger partial charge in [-0.05, 0) is 61.4 Å². The van der Waals surface area contributed by atoms with Gasteiger partial charge in [-0.1, -0.05) is 12.5 Å². The molecule has 0 aliphatic carbocycles. The molecule has 3 aromatic rings. The standard InChI is InChI=1S/C25H27N3O5S/c1-32-23-12-9-21(16-24(23)34(30,31)28-14-3-2-4-15-28)27-25(29)20-7-10-22(11-8-20)33-18-19-6-5-13-26-17-19/h5-13,16-17H,2-4,14-15,18H2,1H3,(H,27,29). The largest absolute Gasteiger partial charge is 0.495 e. The molecule has 8 nitrogen and oxygen atoms in total. The number of hydrogen-bond acceptors (Lipinski definition) is 6. The average molecular weight is 482 g/mol. The van der Waals surface area contributed by atoms with Crippen molar-refractivity contribution < 1.29 is 22.7 Å². The van der Waals surface area contributed by atoms with Gasteiger partial charge in [0.25, 0.3) is 5.91 Å². The summed E-state index contributed by atoms with van der Waals surface area (Å²) in [5.74, 6) is 0.517. The van der Waals surface area contributed by atoms with Crippen molar-refractivity contribution in [1.82, 2.24) is 9.29 Å². The van der Waals surface area contributed by atoms with E-state index in [1.165, 1.54) is 17.5 Å². The Morgan fingerprint density at radius 3 is 2.50 bits per heavy atom. The van der Waals surface area contributed by atoms with Crippen LogP contribution in [0.5, 0.6) is 11.5 Å². The lowest BCUT2D eigenvalue weighted by Gasteiger charge is -2.26. The SMILES string of the molecule is COc1ccc(NC(=O)c2ccc(OCc3cccnc3)cc2)cc1S(=O)(=O)N1CCCCC1. The van der Waals surface area contributed by atoms with Gasteiger partial charge in [-0.3, -0.25) is 9.78 Å². The summed E-state index contributed by atoms with van der Waals surface area (Å²) in [6.45, 7) is 1.34. The number of aromatic nitrogens is 1. The van der Waals surface area contributed by atoms with Crippen LogP contribution in [0.4, 0.5) is 5.69 Å². The Morgan fingerprint density at radius 1 is 1.06 bits per heavy atom. The summed E-state index contributed by atoms with van der Waals surface area (Å²) in [7, 11) is -2.30. The van der Waals surface area contributed by atoms with Crippen molar-refractivity contribution in [2.24, 2.45) is 0 Å². The summed E-state index contributed by atoms with van der Waals surface area (Å²) >= 11 is 0. The zero-order valence-electron chi connectivity index (χ0n) is 18.9. The first-order valence-electron chi connectivity index (χ1n) is 11.1. The molecule has 1 aliphatic rings. The molecule has 2 heterocycles. The van der Waals surface area contributed by atoms with Crippen molar-refractivity contribution in [3.05, 3.63) is 78.1 Å². The van der Waals surface area contributed by atoms with Gasteiger partial charge in [0.15, 0.2) is 0 Å². The molecule has 0 atom stereocenters. The lowest BCUT2D eigenvalue weighted by atomic mass is 10.2. The molecule has 1 saturated heterocycles. The van der Waals surface area contributed by atoms with Crippen molar-refractivity contribution in [2.75, 3.05) is 25.5 Å². The number of nitrogens with zero attached hydrogens (tertiary/aromatic N) is 2. The predicted octanol–water partition coefficient (Wildman–Crippen LogP) is 4.10. The Hall–Kier alpha value is -3.43. The maximum Gasteiger partial charge on any atom is 0.255 e. The summed E-state index contributed by atoms with van der Waals surface area (Å²) in [4.78, 5) is 16.9. The molecule has 1 aliphatic heterocycles. The summed E-state index contributed by atoms with van der Waals surface area (Å²) in [6.07, 6.45) is 6.12. The Bertz CT molecular complexity index is 1230. The number of pyridine rings is 1. The first-order chi connectivity index (χ1) is 16.5. The van der Waals surface area contributed by atoms with Crippen LogP contribution in [0.25, 0.3) is 0 Å². The van der Waals surface area contributed by atoms with E-state index in [4.69, 9.17) is 9.47 Å². The highest BCUT2D eigenvalue weighted by Crippen LogP contribution is 2.31. The Morgan fingerprint density at radius 2 is 1.82 bits per heavy atom. The quantitative estimate of drug-likeness (QED) is 0.520. The van der Waals surface area contributed by atoms with E-state index in [1.54, 1.807) is 48.8 Å². The van der Waals surface area contributed by atoms with E-state index < -0.39 is 10.0 Å². The second kappa shape index (κ2) is 10.7. The fourth-order valence-corrected chi connectivity index (χ4v) is 5.45. The third kappa shape index (κ3) is 5.55. The highest BCUT2D eigenvalue weighted by molar-refractivity contribution is 7.89. The number of rotatable bonds is 8. The molecule has 0 bridgehead atoms. The van der Waals surface area contributed by atoms with E-state index in [-0.39, 0.29) is 16.6 Å². The van der Waals surface area contributed by atoms with Crippen LogP contribution in [0, 0.1) is 0 Å². The van der Waals surface area contributed by atoms with E-state index in [9.17, 15) is 13.2 Å². The minimum Gasteiger partial charge on any atom is -0.495 e. The zero-order valence-corrected chi connectivity index (χ0v) is 19.8. The van der Waals surface area contributed by atoms with Crippen molar-refractivity contribution in [3.8, 4) is 11.5 Å². The molecule has 1 aromatic heterocycles. The van der Waals surface area contributed by atoms with Gasteiger partial charge >= 0.3 is 0 Å². The van der Waals surface area contributed by atoms with Crippen LogP contribution in [0.15, 0.2) is 71.9 Å². The van der Waals surface area contributed by atoms with E-state index >= 15 is 0 Å². The second-order valence-corrected chi connectivity index (χ2v) is 9.87. The molecule has 34 heavy (non-hydrogen) atoms. The lowest BCUT2D eigenvalue weighted by molar-refractivity contribution is 0.102. The number of sulfonamides is 1. The Labute approximate surface area is 199 Å². The Kier molecular flexibility index (Phi) is 7.44. The monoisotopic (exact) mass is 481 g/mol. The van der Waals surface area contributed by atoms with Gasteiger partial charge in [0.2, 0.25) is 10.0 Å². The average Bonchev–Trinajstić information content (AvgIpc) is 2.89. The van der Waals surface area contributed by atoms with Crippen LogP contribution in [0.1, 0.15) is 35.2 Å². The van der Waals surface area contributed by atoms with Crippen molar-refractivity contribution >= 4 is 21.6 Å². The van der Waals surface area contributed by atoms with E-state index in [0.29, 0.717) is 36.7 Å². The number of ether oxygens (including phenoxy) is 2. The van der Waals surface area contributed by atoms with Crippen LogP contribution in [-0.2, 0) is 16.6 Å². The zero-order chi connectivity index (χ0) is 24.0. The molecule has 2 aromatic carbocycles. The number of carbonyl (C=O) groups is 1. The number of carbonyl (C=O) groups excluding carboxylic acids is 1. The van der Waals surface area contributed by atoms with Crippen LogP contribution >= 0.6 is 0 Å². The van der Waals surface area contributed by atoms with Gasteiger partial charge in [0, 0.05) is 42.3 Å². The summed E-state index contributed by atoms with van der Waals surface area (Å²) in [6, 6.07) is 15.1. The fourth-order valence-electron chi connectivity index (χ4n) is 3.76. The summed E-state index contributed by atoms with van der Waals surface area (Å²) in [5, 5.41) is 2.78. The van der Waals surface area contributed by atoms with Crippen LogP contribution < -0.4 is 14.8 Å². The predicted molar refractivity (Wildman–Crippen MR) is 129 cm³/mol. The van der Waals surface area contributed by atoms with E-state index in [1.807, 2.05) is 12.1 Å². The topological polar surface area (TPSA) is 97.8 Å². The fraction of sp³-hybridized carbons (Fsp3) is 0.280. The molecule has 1 amide bonds. The number of anilines is 1. The van der Waals surface area contributed by atoms with Crippen LogP contribution in [0.3, 0.4) is 0 Å².